The molecule has 0 saturated carbocycles. The number of ether oxygens (including phenoxy) is 1. The van der Waals surface area contributed by atoms with Gasteiger partial charge in [-0.05, 0) is 38.6 Å². The molecule has 0 heterocycles. The molecule has 15 heavy (non-hydrogen) atoms. The van der Waals surface area contributed by atoms with Crippen LogP contribution in [0, 0.1) is 0 Å². The van der Waals surface area contributed by atoms with Gasteiger partial charge in [0.1, 0.15) is 11.4 Å². The van der Waals surface area contributed by atoms with Crippen LogP contribution in [0.2, 0.25) is 5.02 Å². The van der Waals surface area contributed by atoms with Gasteiger partial charge in [-0.2, -0.15) is 0 Å². The van der Waals surface area contributed by atoms with Gasteiger partial charge in [-0.25, -0.2) is 0 Å². The van der Waals surface area contributed by atoms with E-state index < -0.39 is 0 Å². The van der Waals surface area contributed by atoms with Gasteiger partial charge in [0.25, 0.3) is 0 Å². The van der Waals surface area contributed by atoms with Gasteiger partial charge < -0.3 is 10.1 Å². The van der Waals surface area contributed by atoms with Gasteiger partial charge in [-0.3, -0.25) is 0 Å². The average molecular weight is 228 g/mol. The minimum atomic E-state index is -0.222. The van der Waals surface area contributed by atoms with Crippen LogP contribution in [0.5, 0.6) is 5.75 Å². The average Bonchev–Trinajstić information content (AvgIpc) is 2.14. The minimum Gasteiger partial charge on any atom is -0.486 e. The van der Waals surface area contributed by atoms with Crippen molar-refractivity contribution in [3.8, 4) is 5.75 Å². The molecule has 84 valence electrons. The lowest BCUT2D eigenvalue weighted by molar-refractivity contribution is 0.109. The Kier molecular flexibility index (Phi) is 4.43. The number of rotatable bonds is 5. The number of hydrogen-bond acceptors (Lipinski definition) is 2. The third-order valence-corrected chi connectivity index (χ3v) is 2.23. The van der Waals surface area contributed by atoms with Crippen molar-refractivity contribution in [3.63, 3.8) is 0 Å². The van der Waals surface area contributed by atoms with E-state index in [9.17, 15) is 0 Å². The number of nitrogens with one attached hydrogen (secondary N) is 1. The molecule has 0 atom stereocenters. The summed E-state index contributed by atoms with van der Waals surface area (Å²) in [4.78, 5) is 0. The highest BCUT2D eigenvalue weighted by atomic mass is 35.5. The van der Waals surface area contributed by atoms with Crippen molar-refractivity contribution in [3.05, 3.63) is 29.3 Å². The lowest BCUT2D eigenvalue weighted by Gasteiger charge is -2.26. The van der Waals surface area contributed by atoms with Gasteiger partial charge in [0.05, 0.1) is 0 Å². The molecule has 0 unspecified atom stereocenters. The molecule has 0 radical (unpaired) electrons. The Morgan fingerprint density at radius 1 is 1.40 bits per heavy atom. The molecule has 1 N–H and O–H groups in total. The van der Waals surface area contributed by atoms with Crippen molar-refractivity contribution in [1.82, 2.24) is 5.32 Å². The summed E-state index contributed by atoms with van der Waals surface area (Å²) >= 11 is 5.88. The molecule has 0 fully saturated rings. The monoisotopic (exact) mass is 227 g/mol. The number of benzene rings is 1. The third kappa shape index (κ3) is 4.54. The molecule has 0 aromatic heterocycles. The molecule has 1 rings (SSSR count). The maximum absolute atomic E-state index is 5.88. The zero-order valence-corrected chi connectivity index (χ0v) is 10.3. The molecule has 0 amide bonds. The van der Waals surface area contributed by atoms with E-state index in [1.165, 1.54) is 0 Å². The Morgan fingerprint density at radius 3 is 2.73 bits per heavy atom. The second-order valence-electron chi connectivity index (χ2n) is 4.10. The molecule has 0 aliphatic carbocycles. The maximum Gasteiger partial charge on any atom is 0.121 e. The number of likely N-dealkylation sites (N-methyl/N-ethyl adjacent to an activating group) is 1. The van der Waals surface area contributed by atoms with Crippen molar-refractivity contribution in [2.24, 2.45) is 0 Å². The van der Waals surface area contributed by atoms with Gasteiger partial charge in [-0.1, -0.05) is 24.6 Å². The van der Waals surface area contributed by atoms with E-state index in [4.69, 9.17) is 16.3 Å². The van der Waals surface area contributed by atoms with E-state index in [0.29, 0.717) is 5.02 Å². The van der Waals surface area contributed by atoms with E-state index in [1.54, 1.807) is 0 Å². The highest BCUT2D eigenvalue weighted by molar-refractivity contribution is 6.30. The smallest absolute Gasteiger partial charge is 0.121 e. The van der Waals surface area contributed by atoms with Crippen LogP contribution in [0.4, 0.5) is 0 Å². The predicted octanol–water partition coefficient (Wildman–Crippen LogP) is 3.11. The largest absolute Gasteiger partial charge is 0.486 e. The molecule has 3 heteroatoms. The quantitative estimate of drug-likeness (QED) is 0.835. The summed E-state index contributed by atoms with van der Waals surface area (Å²) in [6.45, 7) is 7.95. The summed E-state index contributed by atoms with van der Waals surface area (Å²) in [6, 6.07) is 7.47. The Morgan fingerprint density at radius 2 is 2.13 bits per heavy atom. The molecule has 0 saturated heterocycles. The zero-order chi connectivity index (χ0) is 11.3. The second kappa shape index (κ2) is 5.38. The van der Waals surface area contributed by atoms with Crippen molar-refractivity contribution < 1.29 is 4.74 Å². The minimum absolute atomic E-state index is 0.222. The molecule has 0 bridgehead atoms. The van der Waals surface area contributed by atoms with Crippen molar-refractivity contribution in [1.29, 1.82) is 0 Å². The Labute approximate surface area is 96.6 Å². The van der Waals surface area contributed by atoms with Gasteiger partial charge in [0, 0.05) is 11.6 Å². The first kappa shape index (κ1) is 12.3. The first-order valence-corrected chi connectivity index (χ1v) is 5.56. The lowest BCUT2D eigenvalue weighted by Crippen LogP contribution is -2.40. The van der Waals surface area contributed by atoms with Crippen LogP contribution >= 0.6 is 11.6 Å². The van der Waals surface area contributed by atoms with Gasteiger partial charge >= 0.3 is 0 Å². The second-order valence-corrected chi connectivity index (χ2v) is 4.54. The van der Waals surface area contributed by atoms with Crippen LogP contribution in [0.3, 0.4) is 0 Å². The fraction of sp³-hybridized carbons (Fsp3) is 0.500. The molecule has 1 aromatic carbocycles. The lowest BCUT2D eigenvalue weighted by atomic mass is 10.1. The molecule has 1 aromatic rings. The van der Waals surface area contributed by atoms with Gasteiger partial charge in [-0.15, -0.1) is 0 Å². The SMILES string of the molecule is CCNCC(C)(C)Oc1cccc(Cl)c1. The number of hydrogen-bond donors (Lipinski definition) is 1. The third-order valence-electron chi connectivity index (χ3n) is 1.99. The fourth-order valence-corrected chi connectivity index (χ4v) is 1.49. The molecule has 2 nitrogen and oxygen atoms in total. The first-order chi connectivity index (χ1) is 7.03. The van der Waals surface area contributed by atoms with Gasteiger partial charge in [0.2, 0.25) is 0 Å². The highest BCUT2D eigenvalue weighted by Gasteiger charge is 2.18. The summed E-state index contributed by atoms with van der Waals surface area (Å²) in [7, 11) is 0. The van der Waals surface area contributed by atoms with Crippen molar-refractivity contribution in [2.45, 2.75) is 26.4 Å². The van der Waals surface area contributed by atoms with Crippen LogP contribution in [0.1, 0.15) is 20.8 Å². The summed E-state index contributed by atoms with van der Waals surface area (Å²) < 4.78 is 5.84. The summed E-state index contributed by atoms with van der Waals surface area (Å²) in [5.41, 5.74) is -0.222. The normalized spacial score (nSPS) is 11.5. The van der Waals surface area contributed by atoms with E-state index in [2.05, 4.69) is 26.1 Å². The molecule has 0 aliphatic heterocycles. The Hall–Kier alpha value is -0.730. The van der Waals surface area contributed by atoms with Crippen molar-refractivity contribution >= 4 is 11.6 Å². The fourth-order valence-electron chi connectivity index (χ4n) is 1.31. The molecular formula is C12H18ClNO. The zero-order valence-electron chi connectivity index (χ0n) is 9.51. The van der Waals surface area contributed by atoms with Crippen LogP contribution in [-0.4, -0.2) is 18.7 Å². The summed E-state index contributed by atoms with van der Waals surface area (Å²) in [5, 5.41) is 3.97. The van der Waals surface area contributed by atoms with E-state index >= 15 is 0 Å². The Bertz CT molecular complexity index is 312. The van der Waals surface area contributed by atoms with Crippen LogP contribution in [-0.2, 0) is 0 Å². The molecule has 0 spiro atoms. The first-order valence-electron chi connectivity index (χ1n) is 5.19. The van der Waals surface area contributed by atoms with Crippen LogP contribution in [0.15, 0.2) is 24.3 Å². The molecular weight excluding hydrogens is 210 g/mol. The number of halogens is 1. The van der Waals surface area contributed by atoms with Crippen LogP contribution in [0.25, 0.3) is 0 Å². The predicted molar refractivity (Wildman–Crippen MR) is 64.7 cm³/mol. The Balaban J connectivity index is 2.60. The highest BCUT2D eigenvalue weighted by Crippen LogP contribution is 2.21. The maximum atomic E-state index is 5.88. The van der Waals surface area contributed by atoms with Crippen LogP contribution < -0.4 is 10.1 Å². The summed E-state index contributed by atoms with van der Waals surface area (Å²) in [5.74, 6) is 0.811. The topological polar surface area (TPSA) is 21.3 Å². The summed E-state index contributed by atoms with van der Waals surface area (Å²) in [6.07, 6.45) is 0. The van der Waals surface area contributed by atoms with Gasteiger partial charge in [0.15, 0.2) is 0 Å². The van der Waals surface area contributed by atoms with E-state index in [1.807, 2.05) is 24.3 Å². The van der Waals surface area contributed by atoms with E-state index in [-0.39, 0.29) is 5.60 Å². The van der Waals surface area contributed by atoms with E-state index in [0.717, 1.165) is 18.8 Å². The standard InChI is InChI=1S/C12H18ClNO/c1-4-14-9-12(2,3)15-11-7-5-6-10(13)8-11/h5-8,14H,4,9H2,1-3H3. The van der Waals surface area contributed by atoms with Crippen molar-refractivity contribution in [2.75, 3.05) is 13.1 Å². The molecule has 0 aliphatic rings.